The van der Waals surface area contributed by atoms with Gasteiger partial charge in [-0.2, -0.15) is 0 Å². The fourth-order valence-electron chi connectivity index (χ4n) is 5.35. The quantitative estimate of drug-likeness (QED) is 0.343. The minimum absolute atomic E-state index is 0.0286. The van der Waals surface area contributed by atoms with Gasteiger partial charge in [0.2, 0.25) is 5.91 Å². The Kier molecular flexibility index (Phi) is 9.61. The van der Waals surface area contributed by atoms with Crippen molar-refractivity contribution >= 4 is 5.91 Å². The molecule has 2 fully saturated rings. The Morgan fingerprint density at radius 3 is 1.95 bits per heavy atom. The molecule has 0 aliphatic carbocycles. The number of hydrogen-bond acceptors (Lipinski definition) is 6. The van der Waals surface area contributed by atoms with E-state index in [4.69, 9.17) is 30.1 Å². The van der Waals surface area contributed by atoms with Gasteiger partial charge in [0.05, 0.1) is 26.4 Å². The third-order valence-corrected chi connectivity index (χ3v) is 7.30. The molecule has 5 rings (SSSR count). The highest BCUT2D eigenvalue weighted by Crippen LogP contribution is 2.41. The third-order valence-electron chi connectivity index (χ3n) is 7.30. The van der Waals surface area contributed by atoms with Gasteiger partial charge in [-0.1, -0.05) is 96.9 Å². The molecule has 3 aromatic carbocycles. The molecule has 1 amide bonds. The summed E-state index contributed by atoms with van der Waals surface area (Å²) in [6.07, 6.45) is 3.80. The van der Waals surface area contributed by atoms with Gasteiger partial charge in [0.25, 0.3) is 0 Å². The van der Waals surface area contributed by atoms with Gasteiger partial charge in [0.1, 0.15) is 30.5 Å². The van der Waals surface area contributed by atoms with Crippen LogP contribution in [-0.4, -0.2) is 49.3 Å². The minimum atomic E-state index is -0.972. The summed E-state index contributed by atoms with van der Waals surface area (Å²) in [4.78, 5) is 12.7. The summed E-state index contributed by atoms with van der Waals surface area (Å²) >= 11 is 0. The maximum Gasteiger partial charge on any atom is 0.220 e. The van der Waals surface area contributed by atoms with E-state index in [1.54, 1.807) is 0 Å². The van der Waals surface area contributed by atoms with Gasteiger partial charge in [0.15, 0.2) is 6.29 Å². The monoisotopic (exact) mass is 541 g/mol. The lowest BCUT2D eigenvalue weighted by molar-refractivity contribution is -0.312. The first-order chi connectivity index (χ1) is 19.7. The van der Waals surface area contributed by atoms with Crippen molar-refractivity contribution in [1.82, 2.24) is 5.32 Å². The topological polar surface area (TPSA) is 75.2 Å². The van der Waals surface area contributed by atoms with E-state index in [2.05, 4.69) is 11.2 Å². The number of carbonyl (C=O) groups excluding carboxylic acids is 1. The number of terminal acetylenes is 1. The van der Waals surface area contributed by atoms with Crippen molar-refractivity contribution in [2.75, 3.05) is 13.2 Å². The zero-order chi connectivity index (χ0) is 27.6. The standard InChI is InChI=1S/C33H35NO6/c1-2-20-37-32-33(19-18-29(35)34-33)31(39-23-27-16-10-5-11-17-27)30(38-22-26-14-8-4-9-15-26)28(40-32)24-36-21-25-12-6-3-7-13-25/h1,3-17,28,30-32H,18-24H2,(H,34,35)/t28-,30+,31+,32+,33-/m1/s1. The van der Waals surface area contributed by atoms with Crippen LogP contribution in [0, 0.1) is 12.3 Å². The van der Waals surface area contributed by atoms with Gasteiger partial charge < -0.3 is 29.0 Å². The Bertz CT molecular complexity index is 1250. The summed E-state index contributed by atoms with van der Waals surface area (Å²) in [6, 6.07) is 29.8. The first-order valence-electron chi connectivity index (χ1n) is 13.6. The summed E-state index contributed by atoms with van der Waals surface area (Å²) in [7, 11) is 0. The molecule has 7 heteroatoms. The van der Waals surface area contributed by atoms with Crippen molar-refractivity contribution in [1.29, 1.82) is 0 Å². The Morgan fingerprint density at radius 2 is 1.40 bits per heavy atom. The molecule has 2 heterocycles. The fraction of sp³-hybridized carbons (Fsp3) is 0.364. The van der Waals surface area contributed by atoms with Gasteiger partial charge in [-0.25, -0.2) is 0 Å². The van der Waals surface area contributed by atoms with Crippen molar-refractivity contribution in [3.8, 4) is 12.3 Å². The Labute approximate surface area is 235 Å². The molecule has 1 spiro atoms. The lowest BCUT2D eigenvalue weighted by atomic mass is 9.81. The molecule has 1 N–H and O–H groups in total. The lowest BCUT2D eigenvalue weighted by Gasteiger charge is -2.51. The SMILES string of the molecule is C#CCO[C@H]1O[C@H](COCc2ccccc2)[C@H](OCc2ccccc2)[C@H](OCc2ccccc2)[C@]12CCC(=O)N2. The Morgan fingerprint density at radius 1 is 0.825 bits per heavy atom. The van der Waals surface area contributed by atoms with E-state index in [9.17, 15) is 4.79 Å². The van der Waals surface area contributed by atoms with Gasteiger partial charge in [-0.3, -0.25) is 4.79 Å². The highest BCUT2D eigenvalue weighted by atomic mass is 16.7. The molecule has 208 valence electrons. The lowest BCUT2D eigenvalue weighted by Crippen LogP contribution is -2.72. The van der Waals surface area contributed by atoms with Crippen molar-refractivity contribution in [3.63, 3.8) is 0 Å². The van der Waals surface area contributed by atoms with E-state index in [1.165, 1.54) is 0 Å². The number of carbonyl (C=O) groups is 1. The molecule has 2 aliphatic heterocycles. The molecule has 0 unspecified atom stereocenters. The molecule has 0 bridgehead atoms. The molecule has 5 atom stereocenters. The van der Waals surface area contributed by atoms with Crippen molar-refractivity contribution in [2.45, 2.75) is 62.8 Å². The zero-order valence-corrected chi connectivity index (χ0v) is 22.4. The summed E-state index contributed by atoms with van der Waals surface area (Å²) in [6.45, 7) is 1.35. The normalized spacial score (nSPS) is 25.9. The summed E-state index contributed by atoms with van der Waals surface area (Å²) in [5, 5.41) is 3.14. The number of nitrogens with one attached hydrogen (secondary N) is 1. The number of ether oxygens (including phenoxy) is 5. The van der Waals surface area contributed by atoms with Crippen LogP contribution in [0.5, 0.6) is 0 Å². The number of amides is 1. The van der Waals surface area contributed by atoms with Gasteiger partial charge >= 0.3 is 0 Å². The van der Waals surface area contributed by atoms with E-state index in [0.717, 1.165) is 16.7 Å². The molecule has 40 heavy (non-hydrogen) atoms. The van der Waals surface area contributed by atoms with E-state index in [0.29, 0.717) is 32.7 Å². The molecule has 2 saturated heterocycles. The van der Waals surface area contributed by atoms with E-state index >= 15 is 0 Å². The second-order valence-electron chi connectivity index (χ2n) is 10.1. The molecule has 0 aromatic heterocycles. The maximum atomic E-state index is 12.7. The zero-order valence-electron chi connectivity index (χ0n) is 22.4. The highest BCUT2D eigenvalue weighted by molar-refractivity contribution is 5.79. The van der Waals surface area contributed by atoms with Crippen LogP contribution in [0.3, 0.4) is 0 Å². The van der Waals surface area contributed by atoms with Crippen LogP contribution in [0.4, 0.5) is 0 Å². The summed E-state index contributed by atoms with van der Waals surface area (Å²) in [5.41, 5.74) is 2.10. The first-order valence-corrected chi connectivity index (χ1v) is 13.6. The van der Waals surface area contributed by atoms with Crippen molar-refractivity contribution < 1.29 is 28.5 Å². The predicted molar refractivity (Wildman–Crippen MR) is 150 cm³/mol. The molecule has 0 radical (unpaired) electrons. The predicted octanol–water partition coefficient (Wildman–Crippen LogP) is 4.40. The molecule has 2 aliphatic rings. The van der Waals surface area contributed by atoms with Gasteiger partial charge in [0, 0.05) is 6.42 Å². The Hall–Kier alpha value is -3.51. The summed E-state index contributed by atoms with van der Waals surface area (Å²) < 4.78 is 31.9. The summed E-state index contributed by atoms with van der Waals surface area (Å²) in [5.74, 6) is 2.43. The molecule has 7 nitrogen and oxygen atoms in total. The van der Waals surface area contributed by atoms with Gasteiger partial charge in [-0.15, -0.1) is 6.42 Å². The maximum absolute atomic E-state index is 12.7. The fourth-order valence-corrected chi connectivity index (χ4v) is 5.35. The van der Waals surface area contributed by atoms with Crippen LogP contribution in [-0.2, 0) is 48.3 Å². The van der Waals surface area contributed by atoms with Gasteiger partial charge in [-0.05, 0) is 23.1 Å². The minimum Gasteiger partial charge on any atom is -0.374 e. The van der Waals surface area contributed by atoms with E-state index in [1.807, 2.05) is 91.0 Å². The average molecular weight is 542 g/mol. The Balaban J connectivity index is 1.44. The van der Waals surface area contributed by atoms with Crippen molar-refractivity contribution in [3.05, 3.63) is 108 Å². The smallest absolute Gasteiger partial charge is 0.220 e. The van der Waals surface area contributed by atoms with Crippen LogP contribution in [0.15, 0.2) is 91.0 Å². The van der Waals surface area contributed by atoms with E-state index in [-0.39, 0.29) is 19.1 Å². The molecule has 3 aromatic rings. The van der Waals surface area contributed by atoms with Crippen LogP contribution in [0.2, 0.25) is 0 Å². The highest BCUT2D eigenvalue weighted by Gasteiger charge is 2.61. The van der Waals surface area contributed by atoms with Crippen LogP contribution < -0.4 is 5.32 Å². The van der Waals surface area contributed by atoms with Crippen LogP contribution in [0.1, 0.15) is 29.5 Å². The van der Waals surface area contributed by atoms with Crippen molar-refractivity contribution in [2.24, 2.45) is 0 Å². The second kappa shape index (κ2) is 13.7. The van der Waals surface area contributed by atoms with E-state index < -0.39 is 30.1 Å². The number of hydrogen-bond donors (Lipinski definition) is 1. The molecule has 0 saturated carbocycles. The van der Waals surface area contributed by atoms with Crippen LogP contribution in [0.25, 0.3) is 0 Å². The average Bonchev–Trinajstić information content (AvgIpc) is 3.39. The number of benzene rings is 3. The van der Waals surface area contributed by atoms with Crippen LogP contribution >= 0.6 is 0 Å². The first kappa shape index (κ1) is 28.0. The molecular weight excluding hydrogens is 506 g/mol. The largest absolute Gasteiger partial charge is 0.374 e. The number of rotatable bonds is 12. The second-order valence-corrected chi connectivity index (χ2v) is 10.1. The third kappa shape index (κ3) is 6.79. The molecular formula is C33H35NO6.